The highest BCUT2D eigenvalue weighted by atomic mass is 16.6. The van der Waals surface area contributed by atoms with Gasteiger partial charge >= 0.3 is 6.09 Å². The number of fused-ring (bicyclic) bond motifs is 1. The summed E-state index contributed by atoms with van der Waals surface area (Å²) in [7, 11) is 1.83. The van der Waals surface area contributed by atoms with Crippen molar-refractivity contribution in [3.05, 3.63) is 66.2 Å². The summed E-state index contributed by atoms with van der Waals surface area (Å²) in [6.07, 6.45) is 4.86. The molecule has 1 atom stereocenters. The summed E-state index contributed by atoms with van der Waals surface area (Å²) in [5, 5.41) is 8.60. The summed E-state index contributed by atoms with van der Waals surface area (Å²) in [5.41, 5.74) is 9.99. The van der Waals surface area contributed by atoms with E-state index in [1.807, 2.05) is 43.6 Å². The van der Waals surface area contributed by atoms with Crippen LogP contribution in [0.3, 0.4) is 0 Å². The van der Waals surface area contributed by atoms with Crippen LogP contribution in [0.4, 0.5) is 10.6 Å². The Kier molecular flexibility index (Phi) is 5.81. The Morgan fingerprint density at radius 2 is 1.94 bits per heavy atom. The molecule has 0 aliphatic carbocycles. The molecule has 1 aromatic carbocycles. The van der Waals surface area contributed by atoms with Crippen LogP contribution in [0.25, 0.3) is 16.8 Å². The number of nitrogens with zero attached hydrogens (tertiary/aromatic N) is 7. The molecule has 1 aliphatic heterocycles. The van der Waals surface area contributed by atoms with Crippen molar-refractivity contribution < 1.29 is 14.3 Å². The van der Waals surface area contributed by atoms with Gasteiger partial charge in [-0.15, -0.1) is 0 Å². The molecular formula is C24H26N8O3. The minimum atomic E-state index is -0.477. The fourth-order valence-electron chi connectivity index (χ4n) is 4.33. The molecule has 1 aliphatic rings. The van der Waals surface area contributed by atoms with Gasteiger partial charge in [-0.3, -0.25) is 9.48 Å². The number of nitrogens with two attached hydrogens (primary N) is 1. The molecule has 11 heteroatoms. The molecule has 5 rings (SSSR count). The number of piperazine rings is 1. The van der Waals surface area contributed by atoms with Crippen molar-refractivity contribution in [1.29, 1.82) is 0 Å². The van der Waals surface area contributed by atoms with Crippen molar-refractivity contribution in [2.24, 2.45) is 7.05 Å². The standard InChI is InChI=1S/C24H26N8O3/c1-16(33)31-9-8-30(24(34)35-15-17-6-4-3-5-7-17)14-21(31)20-10-22(25)32-23(28-20)19(12-27-32)18-11-26-29(2)13-18/h3-7,10-13,21H,8-9,14-15,25H2,1-2H3. The largest absolute Gasteiger partial charge is 0.445 e. The molecule has 1 fully saturated rings. The summed E-state index contributed by atoms with van der Waals surface area (Å²) in [5.74, 6) is 0.279. The van der Waals surface area contributed by atoms with E-state index in [9.17, 15) is 9.59 Å². The van der Waals surface area contributed by atoms with E-state index in [1.165, 1.54) is 6.92 Å². The minimum Gasteiger partial charge on any atom is -0.445 e. The Morgan fingerprint density at radius 1 is 1.14 bits per heavy atom. The van der Waals surface area contributed by atoms with E-state index in [2.05, 4.69) is 10.2 Å². The van der Waals surface area contributed by atoms with Crippen LogP contribution in [-0.2, 0) is 23.2 Å². The fraction of sp³-hybridized carbons (Fsp3) is 0.292. The van der Waals surface area contributed by atoms with Gasteiger partial charge in [-0.25, -0.2) is 9.78 Å². The zero-order chi connectivity index (χ0) is 24.5. The highest BCUT2D eigenvalue weighted by Gasteiger charge is 2.34. The number of carbonyl (C=O) groups excluding carboxylic acids is 2. The summed E-state index contributed by atoms with van der Waals surface area (Å²) in [6, 6.07) is 10.7. The number of hydrogen-bond acceptors (Lipinski definition) is 7. The second-order valence-corrected chi connectivity index (χ2v) is 8.52. The van der Waals surface area contributed by atoms with Crippen molar-refractivity contribution in [2.75, 3.05) is 25.4 Å². The molecule has 0 bridgehead atoms. The Morgan fingerprint density at radius 3 is 2.66 bits per heavy atom. The molecule has 0 radical (unpaired) electrons. The van der Waals surface area contributed by atoms with E-state index in [0.717, 1.165) is 16.7 Å². The Labute approximate surface area is 201 Å². The van der Waals surface area contributed by atoms with Gasteiger partial charge < -0.3 is 20.3 Å². The summed E-state index contributed by atoms with van der Waals surface area (Å²) < 4.78 is 8.78. The first-order chi connectivity index (χ1) is 16.9. The highest BCUT2D eigenvalue weighted by Crippen LogP contribution is 2.30. The first-order valence-corrected chi connectivity index (χ1v) is 11.3. The van der Waals surface area contributed by atoms with Crippen molar-refractivity contribution in [3.8, 4) is 11.1 Å². The lowest BCUT2D eigenvalue weighted by Crippen LogP contribution is -2.52. The number of hydrogen-bond donors (Lipinski definition) is 1. The second kappa shape index (κ2) is 9.09. The molecule has 11 nitrogen and oxygen atoms in total. The summed E-state index contributed by atoms with van der Waals surface area (Å²) in [6.45, 7) is 2.67. The van der Waals surface area contributed by atoms with Gasteiger partial charge in [-0.05, 0) is 5.56 Å². The van der Waals surface area contributed by atoms with Crippen LogP contribution in [0.1, 0.15) is 24.2 Å². The molecule has 3 aromatic heterocycles. The monoisotopic (exact) mass is 474 g/mol. The van der Waals surface area contributed by atoms with E-state index < -0.39 is 12.1 Å². The lowest BCUT2D eigenvalue weighted by atomic mass is 10.1. The molecule has 2 amide bonds. The third-order valence-corrected chi connectivity index (χ3v) is 6.12. The average molecular weight is 475 g/mol. The molecule has 180 valence electrons. The first-order valence-electron chi connectivity index (χ1n) is 11.3. The maximum atomic E-state index is 12.8. The van der Waals surface area contributed by atoms with Crippen molar-refractivity contribution in [2.45, 2.75) is 19.6 Å². The Hall–Kier alpha value is -4.41. The van der Waals surface area contributed by atoms with Gasteiger partial charge in [0.15, 0.2) is 5.65 Å². The van der Waals surface area contributed by atoms with E-state index >= 15 is 0 Å². The minimum absolute atomic E-state index is 0.103. The molecule has 1 unspecified atom stereocenters. The van der Waals surface area contributed by atoms with Gasteiger partial charge in [-0.1, -0.05) is 30.3 Å². The van der Waals surface area contributed by atoms with Crippen molar-refractivity contribution in [1.82, 2.24) is 34.2 Å². The number of carbonyl (C=O) groups is 2. The lowest BCUT2D eigenvalue weighted by Gasteiger charge is -2.40. The molecule has 0 spiro atoms. The number of nitrogen functional groups attached to an aromatic ring is 1. The molecular weight excluding hydrogens is 448 g/mol. The Balaban J connectivity index is 1.44. The fourth-order valence-corrected chi connectivity index (χ4v) is 4.33. The molecule has 0 saturated carbocycles. The van der Waals surface area contributed by atoms with Gasteiger partial charge in [0.2, 0.25) is 5.91 Å². The predicted molar refractivity (Wildman–Crippen MR) is 128 cm³/mol. The number of amides is 2. The highest BCUT2D eigenvalue weighted by molar-refractivity contribution is 5.78. The van der Waals surface area contributed by atoms with Crippen LogP contribution in [-0.4, -0.2) is 65.8 Å². The zero-order valence-electron chi connectivity index (χ0n) is 19.5. The van der Waals surface area contributed by atoms with Crippen LogP contribution in [0.15, 0.2) is 55.0 Å². The topological polar surface area (TPSA) is 124 Å². The molecule has 1 saturated heterocycles. The zero-order valence-corrected chi connectivity index (χ0v) is 19.5. The first kappa shape index (κ1) is 22.4. The number of aromatic nitrogens is 5. The normalized spacial score (nSPS) is 16.0. The maximum absolute atomic E-state index is 12.8. The van der Waals surface area contributed by atoms with E-state index in [4.69, 9.17) is 15.5 Å². The van der Waals surface area contributed by atoms with E-state index in [1.54, 1.807) is 37.5 Å². The third kappa shape index (κ3) is 4.39. The van der Waals surface area contributed by atoms with Gasteiger partial charge in [0.05, 0.1) is 30.7 Å². The van der Waals surface area contributed by atoms with Crippen molar-refractivity contribution in [3.63, 3.8) is 0 Å². The van der Waals surface area contributed by atoms with Gasteiger partial charge in [-0.2, -0.15) is 14.7 Å². The third-order valence-electron chi connectivity index (χ3n) is 6.12. The van der Waals surface area contributed by atoms with Gasteiger partial charge in [0.1, 0.15) is 12.4 Å². The lowest BCUT2D eigenvalue weighted by molar-refractivity contribution is -0.133. The molecule has 4 heterocycles. The quantitative estimate of drug-likeness (QED) is 0.481. The summed E-state index contributed by atoms with van der Waals surface area (Å²) >= 11 is 0. The molecule has 4 aromatic rings. The smallest absolute Gasteiger partial charge is 0.410 e. The summed E-state index contributed by atoms with van der Waals surface area (Å²) in [4.78, 5) is 33.4. The number of ether oxygens (including phenoxy) is 1. The van der Waals surface area contributed by atoms with Crippen LogP contribution in [0.2, 0.25) is 0 Å². The second-order valence-electron chi connectivity index (χ2n) is 8.52. The molecule has 35 heavy (non-hydrogen) atoms. The van der Waals surface area contributed by atoms with Crippen LogP contribution in [0.5, 0.6) is 0 Å². The SMILES string of the molecule is CC(=O)N1CCN(C(=O)OCc2ccccc2)CC1c1cc(N)n2ncc(-c3cnn(C)c3)c2n1. The number of benzene rings is 1. The van der Waals surface area contributed by atoms with Crippen LogP contribution >= 0.6 is 0 Å². The van der Waals surface area contributed by atoms with Gasteiger partial charge in [0, 0.05) is 50.5 Å². The van der Waals surface area contributed by atoms with Gasteiger partial charge in [0.25, 0.3) is 0 Å². The van der Waals surface area contributed by atoms with E-state index in [-0.39, 0.29) is 19.1 Å². The van der Waals surface area contributed by atoms with Crippen molar-refractivity contribution >= 4 is 23.5 Å². The number of aryl methyl sites for hydroxylation is 1. The van der Waals surface area contributed by atoms with Crippen LogP contribution < -0.4 is 5.73 Å². The molecule has 2 N–H and O–H groups in total. The average Bonchev–Trinajstić information content (AvgIpc) is 3.49. The maximum Gasteiger partial charge on any atom is 0.410 e. The Bertz CT molecular complexity index is 1380. The van der Waals surface area contributed by atoms with E-state index in [0.29, 0.717) is 30.2 Å². The number of anilines is 1. The number of rotatable bonds is 4. The predicted octanol–water partition coefficient (Wildman–Crippen LogP) is 2.25. The van der Waals surface area contributed by atoms with Crippen LogP contribution in [0, 0.1) is 0 Å².